The van der Waals surface area contributed by atoms with Gasteiger partial charge in [0.25, 0.3) is 0 Å². The molecule has 2 N–H and O–H groups in total. The van der Waals surface area contributed by atoms with Crippen molar-refractivity contribution in [1.29, 1.82) is 0 Å². The molecule has 19 heavy (non-hydrogen) atoms. The third-order valence-electron chi connectivity index (χ3n) is 2.80. The number of hydrogen-bond acceptors (Lipinski definition) is 4. The summed E-state index contributed by atoms with van der Waals surface area (Å²) in [6, 6.07) is 9.46. The molecule has 0 radical (unpaired) electrons. The summed E-state index contributed by atoms with van der Waals surface area (Å²) in [4.78, 5) is 4.29. The van der Waals surface area contributed by atoms with Crippen LogP contribution in [0.5, 0.6) is 0 Å². The minimum absolute atomic E-state index is 0.688. The van der Waals surface area contributed by atoms with Crippen LogP contribution in [-0.2, 0) is 13.1 Å². The Kier molecular flexibility index (Phi) is 2.97. The number of anilines is 1. The molecular weight excluding hydrogens is 240 g/mol. The number of nitrogen functional groups attached to an aromatic ring is 1. The summed E-state index contributed by atoms with van der Waals surface area (Å²) in [5, 5.41) is 8.58. The largest absolute Gasteiger partial charge is 0.399 e. The lowest BCUT2D eigenvalue weighted by molar-refractivity contribution is 0.500. The molecule has 0 saturated heterocycles. The van der Waals surface area contributed by atoms with E-state index >= 15 is 0 Å². The van der Waals surface area contributed by atoms with Crippen LogP contribution in [0.2, 0.25) is 0 Å². The van der Waals surface area contributed by atoms with Crippen molar-refractivity contribution in [1.82, 2.24) is 24.5 Å². The molecule has 2 heterocycles. The van der Waals surface area contributed by atoms with Gasteiger partial charge in [0.05, 0.1) is 13.1 Å². The lowest BCUT2D eigenvalue weighted by Gasteiger charge is -2.01. The van der Waals surface area contributed by atoms with E-state index in [9.17, 15) is 0 Å². The summed E-state index contributed by atoms with van der Waals surface area (Å²) in [5.74, 6) is 0.688. The average Bonchev–Trinajstić information content (AvgIpc) is 3.08. The lowest BCUT2D eigenvalue weighted by Crippen LogP contribution is -2.08. The molecule has 0 atom stereocenters. The fourth-order valence-electron chi connectivity index (χ4n) is 1.85. The van der Waals surface area contributed by atoms with Gasteiger partial charge in [-0.05, 0) is 18.2 Å². The standard InChI is InChI=1S/C13H14N6/c14-12-4-1-3-11(9-12)13-15-10-19(17-13)8-7-18-6-2-5-16-18/h1-6,9-10H,7-8,14H2. The van der Waals surface area contributed by atoms with E-state index in [0.29, 0.717) is 11.5 Å². The van der Waals surface area contributed by atoms with Crippen molar-refractivity contribution in [2.24, 2.45) is 0 Å². The van der Waals surface area contributed by atoms with Crippen LogP contribution in [0, 0.1) is 0 Å². The van der Waals surface area contributed by atoms with Gasteiger partial charge in [0.1, 0.15) is 6.33 Å². The molecule has 0 aliphatic carbocycles. The van der Waals surface area contributed by atoms with Crippen molar-refractivity contribution in [2.75, 3.05) is 5.73 Å². The van der Waals surface area contributed by atoms with Gasteiger partial charge in [-0.25, -0.2) is 4.98 Å². The number of aromatic nitrogens is 5. The first-order valence-corrected chi connectivity index (χ1v) is 6.04. The minimum Gasteiger partial charge on any atom is -0.399 e. The summed E-state index contributed by atoms with van der Waals surface area (Å²) < 4.78 is 3.67. The van der Waals surface area contributed by atoms with E-state index in [1.807, 2.05) is 41.2 Å². The van der Waals surface area contributed by atoms with Gasteiger partial charge >= 0.3 is 0 Å². The van der Waals surface area contributed by atoms with Crippen LogP contribution in [0.3, 0.4) is 0 Å². The maximum Gasteiger partial charge on any atom is 0.181 e. The second-order valence-electron chi connectivity index (χ2n) is 4.23. The van der Waals surface area contributed by atoms with Gasteiger partial charge in [-0.1, -0.05) is 12.1 Å². The van der Waals surface area contributed by atoms with Crippen molar-refractivity contribution in [3.8, 4) is 11.4 Å². The highest BCUT2D eigenvalue weighted by atomic mass is 15.3. The maximum absolute atomic E-state index is 5.75. The molecule has 0 amide bonds. The first-order valence-electron chi connectivity index (χ1n) is 6.04. The summed E-state index contributed by atoms with van der Waals surface area (Å²) in [6.45, 7) is 1.50. The molecule has 0 bridgehead atoms. The zero-order valence-electron chi connectivity index (χ0n) is 10.3. The second-order valence-corrected chi connectivity index (χ2v) is 4.23. The van der Waals surface area contributed by atoms with Gasteiger partial charge < -0.3 is 5.73 Å². The third kappa shape index (κ3) is 2.62. The third-order valence-corrected chi connectivity index (χ3v) is 2.80. The Bertz CT molecular complexity index is 655. The highest BCUT2D eigenvalue weighted by molar-refractivity contribution is 5.60. The van der Waals surface area contributed by atoms with Crippen molar-refractivity contribution in [2.45, 2.75) is 13.1 Å². The quantitative estimate of drug-likeness (QED) is 0.715. The Labute approximate surface area is 110 Å². The Morgan fingerprint density at radius 1 is 1.11 bits per heavy atom. The van der Waals surface area contributed by atoms with Crippen LogP contribution >= 0.6 is 0 Å². The molecule has 0 aliphatic heterocycles. The fourth-order valence-corrected chi connectivity index (χ4v) is 1.85. The molecule has 0 fully saturated rings. The molecule has 6 nitrogen and oxygen atoms in total. The van der Waals surface area contributed by atoms with E-state index < -0.39 is 0 Å². The Morgan fingerprint density at radius 2 is 2.00 bits per heavy atom. The molecule has 2 aromatic heterocycles. The number of rotatable bonds is 4. The maximum atomic E-state index is 5.75. The number of aryl methyl sites for hydroxylation is 2. The normalized spacial score (nSPS) is 10.7. The zero-order valence-corrected chi connectivity index (χ0v) is 10.3. The minimum atomic E-state index is 0.688. The van der Waals surface area contributed by atoms with Gasteiger partial charge in [-0.3, -0.25) is 9.36 Å². The fraction of sp³-hybridized carbons (Fsp3) is 0.154. The SMILES string of the molecule is Nc1cccc(-c2ncn(CCn3cccn3)n2)c1. The van der Waals surface area contributed by atoms with E-state index in [1.165, 1.54) is 0 Å². The van der Waals surface area contributed by atoms with Crippen LogP contribution in [-0.4, -0.2) is 24.5 Å². The van der Waals surface area contributed by atoms with Gasteiger partial charge in [-0.15, -0.1) is 0 Å². The van der Waals surface area contributed by atoms with Crippen molar-refractivity contribution >= 4 is 5.69 Å². The van der Waals surface area contributed by atoms with E-state index in [-0.39, 0.29) is 0 Å². The summed E-state index contributed by atoms with van der Waals surface area (Å²) >= 11 is 0. The molecule has 0 spiro atoms. The summed E-state index contributed by atoms with van der Waals surface area (Å²) in [7, 11) is 0. The average molecular weight is 254 g/mol. The Hall–Kier alpha value is -2.63. The lowest BCUT2D eigenvalue weighted by atomic mass is 10.2. The number of hydrogen-bond donors (Lipinski definition) is 1. The number of nitrogens with zero attached hydrogens (tertiary/aromatic N) is 5. The molecule has 0 saturated carbocycles. The summed E-state index contributed by atoms with van der Waals surface area (Å²) in [6.07, 6.45) is 5.41. The molecule has 0 unspecified atom stereocenters. The van der Waals surface area contributed by atoms with Crippen LogP contribution in [0.1, 0.15) is 0 Å². The van der Waals surface area contributed by atoms with Crippen LogP contribution in [0.4, 0.5) is 5.69 Å². The van der Waals surface area contributed by atoms with Gasteiger partial charge in [0, 0.05) is 23.6 Å². The highest BCUT2D eigenvalue weighted by Crippen LogP contribution is 2.16. The van der Waals surface area contributed by atoms with E-state index in [2.05, 4.69) is 15.2 Å². The van der Waals surface area contributed by atoms with Gasteiger partial charge in [0.15, 0.2) is 5.82 Å². The molecule has 3 rings (SSSR count). The van der Waals surface area contributed by atoms with E-state index in [0.717, 1.165) is 18.7 Å². The van der Waals surface area contributed by atoms with Gasteiger partial charge in [-0.2, -0.15) is 10.2 Å². The van der Waals surface area contributed by atoms with Crippen molar-refractivity contribution in [3.63, 3.8) is 0 Å². The Morgan fingerprint density at radius 3 is 2.79 bits per heavy atom. The number of nitrogens with two attached hydrogens (primary N) is 1. The monoisotopic (exact) mass is 254 g/mol. The molecule has 3 aromatic rings. The van der Waals surface area contributed by atoms with Crippen molar-refractivity contribution in [3.05, 3.63) is 49.1 Å². The van der Waals surface area contributed by atoms with E-state index in [1.54, 1.807) is 17.2 Å². The first-order chi connectivity index (χ1) is 9.31. The van der Waals surface area contributed by atoms with Gasteiger partial charge in [0.2, 0.25) is 0 Å². The predicted octanol–water partition coefficient (Wildman–Crippen LogP) is 1.42. The first kappa shape index (κ1) is 11.5. The van der Waals surface area contributed by atoms with Crippen LogP contribution in [0.15, 0.2) is 49.1 Å². The smallest absolute Gasteiger partial charge is 0.181 e. The van der Waals surface area contributed by atoms with E-state index in [4.69, 9.17) is 5.73 Å². The highest BCUT2D eigenvalue weighted by Gasteiger charge is 2.04. The summed E-state index contributed by atoms with van der Waals surface area (Å²) in [5.41, 5.74) is 7.39. The molecule has 96 valence electrons. The zero-order chi connectivity index (χ0) is 13.1. The molecule has 6 heteroatoms. The van der Waals surface area contributed by atoms with Crippen LogP contribution in [0.25, 0.3) is 11.4 Å². The predicted molar refractivity (Wildman–Crippen MR) is 72.1 cm³/mol. The van der Waals surface area contributed by atoms with Crippen LogP contribution < -0.4 is 5.73 Å². The molecule has 0 aliphatic rings. The second kappa shape index (κ2) is 4.93. The topological polar surface area (TPSA) is 74.5 Å². The Balaban J connectivity index is 1.72. The molecular formula is C13H14N6. The molecule has 1 aromatic carbocycles. The van der Waals surface area contributed by atoms with Crippen molar-refractivity contribution < 1.29 is 0 Å². The number of benzene rings is 1.